The van der Waals surface area contributed by atoms with E-state index in [2.05, 4.69) is 4.98 Å². The second-order valence-electron chi connectivity index (χ2n) is 8.21. The van der Waals surface area contributed by atoms with Crippen molar-refractivity contribution in [2.75, 3.05) is 0 Å². The number of pyridine rings is 1. The Kier molecular flexibility index (Phi) is 6.72. The van der Waals surface area contributed by atoms with Crippen molar-refractivity contribution in [2.24, 2.45) is 0 Å². The van der Waals surface area contributed by atoms with Crippen LogP contribution in [-0.2, 0) is 11.3 Å². The van der Waals surface area contributed by atoms with Crippen LogP contribution in [0, 0.1) is 6.92 Å². The highest BCUT2D eigenvalue weighted by Gasteiger charge is 2.24. The molecule has 2 aromatic heterocycles. The van der Waals surface area contributed by atoms with Gasteiger partial charge >= 0.3 is 6.09 Å². The summed E-state index contributed by atoms with van der Waals surface area (Å²) in [5.74, 6) is 0.610. The first-order chi connectivity index (χ1) is 15.2. The zero-order valence-corrected chi connectivity index (χ0v) is 19.5. The van der Waals surface area contributed by atoms with E-state index in [1.807, 2.05) is 50.2 Å². The molecule has 2 aromatic carbocycles. The lowest BCUT2D eigenvalue weighted by Gasteiger charge is -2.20. The van der Waals surface area contributed by atoms with Crippen molar-refractivity contribution in [2.45, 2.75) is 53.8 Å². The fraction of sp³-hybridized carbons (Fsp3) is 0.308. The number of benzene rings is 2. The van der Waals surface area contributed by atoms with Crippen molar-refractivity contribution >= 4 is 27.9 Å². The van der Waals surface area contributed by atoms with Crippen LogP contribution in [-0.4, -0.2) is 26.4 Å². The van der Waals surface area contributed by atoms with E-state index >= 15 is 0 Å². The number of aromatic hydroxyl groups is 1. The highest BCUT2D eigenvalue weighted by molar-refractivity contribution is 5.96. The smallest absolute Gasteiger partial charge is 0.419 e. The van der Waals surface area contributed by atoms with E-state index in [1.54, 1.807) is 45.9 Å². The molecule has 0 unspecified atom stereocenters. The van der Waals surface area contributed by atoms with Gasteiger partial charge in [0.15, 0.2) is 0 Å². The average Bonchev–Trinajstić information content (AvgIpc) is 3.02. The average molecular weight is 435 g/mol. The van der Waals surface area contributed by atoms with Gasteiger partial charge < -0.3 is 14.6 Å². The van der Waals surface area contributed by atoms with Crippen LogP contribution in [0.2, 0.25) is 0 Å². The maximum absolute atomic E-state index is 12.6. The first-order valence-corrected chi connectivity index (χ1v) is 10.8. The van der Waals surface area contributed by atoms with Gasteiger partial charge in [0.05, 0.1) is 22.4 Å². The standard InChI is InChI=1S/C24H24N2O4.C2H6/c1-15-22(27)19-13-18(11-12-21(19)26(15)23(28)30-24(2,3)4)29-14-17-10-9-16-7-5-6-8-20(16)25-17;1-2/h5-13,27H,14H2,1-4H3;1-2H3. The van der Waals surface area contributed by atoms with Gasteiger partial charge in [-0.05, 0) is 58.0 Å². The summed E-state index contributed by atoms with van der Waals surface area (Å²) in [4.78, 5) is 17.2. The van der Waals surface area contributed by atoms with Crippen LogP contribution in [0.25, 0.3) is 21.8 Å². The van der Waals surface area contributed by atoms with Gasteiger partial charge in [-0.2, -0.15) is 0 Å². The van der Waals surface area contributed by atoms with Crippen LogP contribution in [0.4, 0.5) is 4.79 Å². The molecule has 0 fully saturated rings. The van der Waals surface area contributed by atoms with Gasteiger partial charge in [0, 0.05) is 10.8 Å². The molecule has 0 amide bonds. The van der Waals surface area contributed by atoms with E-state index in [0.29, 0.717) is 29.0 Å². The molecule has 0 saturated carbocycles. The number of para-hydroxylation sites is 1. The summed E-state index contributed by atoms with van der Waals surface area (Å²) in [6, 6.07) is 17.1. The molecule has 2 heterocycles. The molecule has 32 heavy (non-hydrogen) atoms. The number of carbonyl (C=O) groups excluding carboxylic acids is 1. The van der Waals surface area contributed by atoms with Gasteiger partial charge in [0.1, 0.15) is 23.7 Å². The molecule has 0 radical (unpaired) electrons. The quantitative estimate of drug-likeness (QED) is 0.394. The number of carbonyl (C=O) groups is 1. The third-order valence-corrected chi connectivity index (χ3v) is 4.76. The number of ether oxygens (including phenoxy) is 2. The Morgan fingerprint density at radius 1 is 1.06 bits per heavy atom. The number of fused-ring (bicyclic) bond motifs is 2. The maximum Gasteiger partial charge on any atom is 0.419 e. The number of hydrogen-bond acceptors (Lipinski definition) is 5. The van der Waals surface area contributed by atoms with Crippen molar-refractivity contribution in [3.63, 3.8) is 0 Å². The maximum atomic E-state index is 12.6. The second kappa shape index (κ2) is 9.30. The van der Waals surface area contributed by atoms with Crippen molar-refractivity contribution in [3.8, 4) is 11.5 Å². The summed E-state index contributed by atoms with van der Waals surface area (Å²) in [5.41, 5.74) is 2.08. The lowest BCUT2D eigenvalue weighted by Crippen LogP contribution is -2.27. The predicted molar refractivity (Wildman–Crippen MR) is 127 cm³/mol. The molecular weight excluding hydrogens is 404 g/mol. The minimum atomic E-state index is -0.633. The topological polar surface area (TPSA) is 73.6 Å². The van der Waals surface area contributed by atoms with Crippen LogP contribution in [0.5, 0.6) is 11.5 Å². The minimum Gasteiger partial charge on any atom is -0.505 e. The highest BCUT2D eigenvalue weighted by Crippen LogP contribution is 2.35. The molecule has 4 aromatic rings. The summed E-state index contributed by atoms with van der Waals surface area (Å²) in [7, 11) is 0. The normalized spacial score (nSPS) is 11.2. The molecule has 0 spiro atoms. The van der Waals surface area contributed by atoms with Gasteiger partial charge in [-0.3, -0.25) is 0 Å². The zero-order chi connectivity index (χ0) is 23.5. The van der Waals surface area contributed by atoms with E-state index < -0.39 is 11.7 Å². The molecule has 4 rings (SSSR count). The lowest BCUT2D eigenvalue weighted by atomic mass is 10.2. The Balaban J connectivity index is 0.00000141. The number of hydrogen-bond donors (Lipinski definition) is 1. The molecule has 0 bridgehead atoms. The highest BCUT2D eigenvalue weighted by atomic mass is 16.6. The molecule has 0 saturated heterocycles. The Morgan fingerprint density at radius 2 is 1.78 bits per heavy atom. The van der Waals surface area contributed by atoms with Crippen molar-refractivity contribution in [1.29, 1.82) is 0 Å². The Morgan fingerprint density at radius 3 is 2.50 bits per heavy atom. The molecule has 0 aliphatic carbocycles. The predicted octanol–water partition coefficient (Wildman–Crippen LogP) is 6.59. The third kappa shape index (κ3) is 4.85. The first-order valence-electron chi connectivity index (χ1n) is 10.8. The van der Waals surface area contributed by atoms with Crippen LogP contribution in [0.3, 0.4) is 0 Å². The molecule has 0 aliphatic rings. The molecule has 168 valence electrons. The molecular formula is C26H30N2O4. The van der Waals surface area contributed by atoms with E-state index in [-0.39, 0.29) is 5.75 Å². The summed E-state index contributed by atoms with van der Waals surface area (Å²) < 4.78 is 12.7. The fourth-order valence-corrected chi connectivity index (χ4v) is 3.36. The number of nitrogens with zero attached hydrogens (tertiary/aromatic N) is 2. The molecule has 0 aliphatic heterocycles. The second-order valence-corrected chi connectivity index (χ2v) is 8.21. The van der Waals surface area contributed by atoms with Crippen molar-refractivity contribution in [1.82, 2.24) is 9.55 Å². The SMILES string of the molecule is CC.Cc1c(O)c2cc(OCc3ccc4ccccc4n3)ccc2n1C(=O)OC(C)(C)C. The van der Waals surface area contributed by atoms with Gasteiger partial charge in [-0.15, -0.1) is 0 Å². The van der Waals surface area contributed by atoms with E-state index in [0.717, 1.165) is 16.6 Å². The first kappa shape index (κ1) is 23.1. The lowest BCUT2D eigenvalue weighted by molar-refractivity contribution is 0.0540. The van der Waals surface area contributed by atoms with Gasteiger partial charge in [0.2, 0.25) is 0 Å². The van der Waals surface area contributed by atoms with Crippen LogP contribution in [0.1, 0.15) is 46.0 Å². The van der Waals surface area contributed by atoms with E-state index in [4.69, 9.17) is 9.47 Å². The van der Waals surface area contributed by atoms with E-state index in [1.165, 1.54) is 4.57 Å². The zero-order valence-electron chi connectivity index (χ0n) is 19.5. The Bertz CT molecular complexity index is 1250. The van der Waals surface area contributed by atoms with E-state index in [9.17, 15) is 9.90 Å². The van der Waals surface area contributed by atoms with Gasteiger partial charge in [-0.25, -0.2) is 14.3 Å². The summed E-state index contributed by atoms with van der Waals surface area (Å²) in [6.07, 6.45) is -0.528. The summed E-state index contributed by atoms with van der Waals surface area (Å²) in [5, 5.41) is 12.2. The molecule has 6 heteroatoms. The third-order valence-electron chi connectivity index (χ3n) is 4.76. The minimum absolute atomic E-state index is 0.0325. The fourth-order valence-electron chi connectivity index (χ4n) is 3.36. The monoisotopic (exact) mass is 434 g/mol. The molecule has 6 nitrogen and oxygen atoms in total. The largest absolute Gasteiger partial charge is 0.505 e. The van der Waals surface area contributed by atoms with Crippen LogP contribution >= 0.6 is 0 Å². The summed E-state index contributed by atoms with van der Waals surface area (Å²) in [6.45, 7) is 11.4. The van der Waals surface area contributed by atoms with Crippen molar-refractivity contribution in [3.05, 3.63) is 66.0 Å². The Hall–Kier alpha value is -3.54. The van der Waals surface area contributed by atoms with Gasteiger partial charge in [-0.1, -0.05) is 38.1 Å². The van der Waals surface area contributed by atoms with Gasteiger partial charge in [0.25, 0.3) is 0 Å². The Labute approximate surface area is 188 Å². The number of aromatic nitrogens is 2. The molecule has 1 N–H and O–H groups in total. The summed E-state index contributed by atoms with van der Waals surface area (Å²) >= 11 is 0. The number of rotatable bonds is 3. The molecule has 0 atom stereocenters. The van der Waals surface area contributed by atoms with Crippen LogP contribution in [0.15, 0.2) is 54.6 Å². The van der Waals surface area contributed by atoms with Crippen molar-refractivity contribution < 1.29 is 19.4 Å². The van der Waals surface area contributed by atoms with Crippen LogP contribution < -0.4 is 4.74 Å².